The van der Waals surface area contributed by atoms with Gasteiger partial charge >= 0.3 is 67.4 Å². The van der Waals surface area contributed by atoms with E-state index < -0.39 is 0 Å². The molecule has 15 heavy (non-hydrogen) atoms. The third-order valence-corrected chi connectivity index (χ3v) is 3.50. The van der Waals surface area contributed by atoms with Crippen LogP contribution < -0.4 is 5.32 Å². The summed E-state index contributed by atoms with van der Waals surface area (Å²) < 4.78 is 7.73. The Labute approximate surface area is 117 Å². The van der Waals surface area contributed by atoms with E-state index in [-0.39, 0.29) is 21.1 Å². The molecule has 0 fully saturated rings. The normalized spacial score (nSPS) is 7.87. The van der Waals surface area contributed by atoms with E-state index in [2.05, 4.69) is 44.4 Å². The van der Waals surface area contributed by atoms with Crippen LogP contribution in [0.2, 0.25) is 4.44 Å². The summed E-state index contributed by atoms with van der Waals surface area (Å²) in [5.41, 5.74) is 0. The third-order valence-electron chi connectivity index (χ3n) is 0.908. The zero-order valence-electron chi connectivity index (χ0n) is 10.5. The van der Waals surface area contributed by atoms with Gasteiger partial charge in [-0.05, 0) is 0 Å². The quantitative estimate of drug-likeness (QED) is 0.338. The first-order chi connectivity index (χ1) is 7.24. The van der Waals surface area contributed by atoms with Gasteiger partial charge in [0.1, 0.15) is 0 Å². The summed E-state index contributed by atoms with van der Waals surface area (Å²) >= 11 is 8.69. The topological polar surface area (TPSA) is 21.3 Å². The summed E-state index contributed by atoms with van der Waals surface area (Å²) in [7, 11) is 0. The molecule has 0 aromatic rings. The molecule has 1 N–H and O–H groups in total. The van der Waals surface area contributed by atoms with Gasteiger partial charge in [-0.15, -0.1) is 0 Å². The fraction of sp³-hybridized carbons (Fsp3) is 1.00. The van der Waals surface area contributed by atoms with Crippen LogP contribution in [0.3, 0.4) is 0 Å². The van der Waals surface area contributed by atoms with E-state index in [0.717, 1.165) is 29.4 Å². The van der Waals surface area contributed by atoms with E-state index in [1.54, 1.807) is 0 Å². The minimum absolute atomic E-state index is 0.102. The number of ether oxygens (including phenoxy) is 1. The first-order valence-corrected chi connectivity index (χ1v) is 10.6. The maximum absolute atomic E-state index is 5.28. The average Bonchev–Trinajstić information content (AvgIpc) is 2.20. The van der Waals surface area contributed by atoms with E-state index in [9.17, 15) is 0 Å². The number of hydrogen-bond acceptors (Lipinski definition) is 4. The van der Waals surface area contributed by atoms with Gasteiger partial charge in [-0.25, -0.2) is 0 Å². The Morgan fingerprint density at radius 1 is 1.07 bits per heavy atom. The van der Waals surface area contributed by atoms with Gasteiger partial charge in [-0.2, -0.15) is 11.5 Å². The third kappa shape index (κ3) is 50.4. The van der Waals surface area contributed by atoms with Crippen LogP contribution in [0, 0.1) is 0 Å². The van der Waals surface area contributed by atoms with Crippen LogP contribution in [0.25, 0.3) is 0 Å². The molecule has 0 aromatic heterocycles. The summed E-state index contributed by atoms with van der Waals surface area (Å²) in [5.74, 6) is 1.67. The molecule has 0 aromatic carbocycles. The first-order valence-electron chi connectivity index (χ1n) is 5.40. The van der Waals surface area contributed by atoms with Crippen molar-refractivity contribution in [2.45, 2.75) is 32.1 Å². The summed E-state index contributed by atoms with van der Waals surface area (Å²) in [5, 5.41) is 3.11. The second-order valence-corrected chi connectivity index (χ2v) is 7.70. The molecule has 0 saturated heterocycles. The summed E-state index contributed by atoms with van der Waals surface area (Å²) in [6.45, 7) is 9.96. The summed E-state index contributed by atoms with van der Waals surface area (Å²) in [6, 6.07) is 0. The molecule has 0 aliphatic carbocycles. The van der Waals surface area contributed by atoms with Gasteiger partial charge in [-0.1, -0.05) is 13.8 Å². The average molecular weight is 358 g/mol. The van der Waals surface area contributed by atoms with Crippen LogP contribution in [-0.2, 0) is 30.0 Å². The van der Waals surface area contributed by atoms with Crippen molar-refractivity contribution in [3.8, 4) is 0 Å². The Hall–Kier alpha value is 1.42. The van der Waals surface area contributed by atoms with Gasteiger partial charge in [0.15, 0.2) is 0 Å². The van der Waals surface area contributed by atoms with Gasteiger partial charge in [0, 0.05) is 0 Å². The maximum Gasteiger partial charge on any atom is -0.0874 e. The minimum Gasteiger partial charge on any atom is -0.793 e. The molecule has 0 aliphatic heterocycles. The fourth-order valence-corrected chi connectivity index (χ4v) is 1.69. The van der Waals surface area contributed by atoms with Crippen molar-refractivity contribution >= 4 is 46.4 Å². The fourth-order valence-electron chi connectivity index (χ4n) is 0.399. The van der Waals surface area contributed by atoms with Crippen LogP contribution >= 0.6 is 0 Å². The SMILES string of the molecule is CCNCO[CH2][Sn+2][CH2]C.CC[S-].CC[S-]. The van der Waals surface area contributed by atoms with Gasteiger partial charge in [-0.3, -0.25) is 0 Å². The van der Waals surface area contributed by atoms with E-state index >= 15 is 0 Å². The van der Waals surface area contributed by atoms with Gasteiger partial charge in [0.25, 0.3) is 0 Å². The Kier molecular flexibility index (Phi) is 42.7. The van der Waals surface area contributed by atoms with Gasteiger partial charge in [0.2, 0.25) is 0 Å². The molecule has 0 aliphatic rings. The molecule has 0 heterocycles. The molecule has 0 unspecified atom stereocenters. The van der Waals surface area contributed by atoms with Crippen LogP contribution in [0.1, 0.15) is 27.7 Å². The van der Waals surface area contributed by atoms with Crippen LogP contribution in [-0.4, -0.2) is 50.5 Å². The van der Waals surface area contributed by atoms with Crippen molar-refractivity contribution < 1.29 is 4.74 Å². The standard InChI is InChI=1S/C4H10NO.2C2H6S.C2H5.Sn/c1-3-5-4-6-2;2*1-2-3;1-2;/h5H,2-4H2,1H3;2*3H,2H2,1H3;1H2,2H3;/q;;;;+2/p-2. The number of nitrogens with one attached hydrogen (secondary N) is 1. The molecule has 0 rings (SSSR count). The first kappa shape index (κ1) is 21.7. The van der Waals surface area contributed by atoms with Gasteiger partial charge in [0.05, 0.1) is 0 Å². The molecular formula is C10H25NOS2Sn. The van der Waals surface area contributed by atoms with Crippen molar-refractivity contribution in [1.82, 2.24) is 5.32 Å². The molecule has 5 heteroatoms. The Morgan fingerprint density at radius 3 is 1.87 bits per heavy atom. The van der Waals surface area contributed by atoms with Crippen molar-refractivity contribution in [2.24, 2.45) is 0 Å². The van der Waals surface area contributed by atoms with Crippen molar-refractivity contribution in [3.05, 3.63) is 0 Å². The molecule has 2 nitrogen and oxygen atoms in total. The van der Waals surface area contributed by atoms with E-state index in [0.29, 0.717) is 0 Å². The Balaban J connectivity index is -0.000000200. The predicted octanol–water partition coefficient (Wildman–Crippen LogP) is 1.78. The molecule has 92 valence electrons. The van der Waals surface area contributed by atoms with Crippen LogP contribution in [0.5, 0.6) is 0 Å². The van der Waals surface area contributed by atoms with Crippen molar-refractivity contribution in [1.29, 1.82) is 0 Å². The molecule has 0 atom stereocenters. The Morgan fingerprint density at radius 2 is 1.53 bits per heavy atom. The van der Waals surface area contributed by atoms with E-state index in [1.165, 1.54) is 4.44 Å². The van der Waals surface area contributed by atoms with E-state index in [4.69, 9.17) is 4.74 Å². The number of hydrogen-bond donors (Lipinski definition) is 1. The summed E-state index contributed by atoms with van der Waals surface area (Å²) in [6.07, 6.45) is 0. The van der Waals surface area contributed by atoms with Crippen molar-refractivity contribution in [2.75, 3.05) is 29.4 Å². The number of rotatable bonds is 6. The molecular weight excluding hydrogens is 333 g/mol. The monoisotopic (exact) mass is 359 g/mol. The largest absolute Gasteiger partial charge is 0.793 e. The zero-order valence-corrected chi connectivity index (χ0v) is 15.0. The second-order valence-electron chi connectivity index (χ2n) is 2.28. The molecule has 0 radical (unpaired) electrons. The van der Waals surface area contributed by atoms with Crippen LogP contribution in [0.4, 0.5) is 0 Å². The van der Waals surface area contributed by atoms with Crippen molar-refractivity contribution in [3.63, 3.8) is 0 Å². The molecule has 0 saturated carbocycles. The van der Waals surface area contributed by atoms with Gasteiger partial charge < -0.3 is 25.3 Å². The zero-order chi connectivity index (χ0) is 12.4. The molecule has 0 bridgehead atoms. The molecule has 0 amide bonds. The second kappa shape index (κ2) is 29.5. The minimum atomic E-state index is -0.102. The predicted molar refractivity (Wildman–Crippen MR) is 76.5 cm³/mol. The maximum atomic E-state index is 5.28. The summed E-state index contributed by atoms with van der Waals surface area (Å²) in [4.78, 5) is 0. The smallest absolute Gasteiger partial charge is 0.0874 e. The van der Waals surface area contributed by atoms with Crippen LogP contribution in [0.15, 0.2) is 0 Å². The van der Waals surface area contributed by atoms with E-state index in [1.807, 2.05) is 13.8 Å². The molecule has 0 spiro atoms. The Bertz CT molecular complexity index is 72.4.